The molecule has 2 fully saturated rings. The van der Waals surface area contributed by atoms with Crippen LogP contribution in [0.2, 0.25) is 0 Å². The lowest BCUT2D eigenvalue weighted by Crippen LogP contribution is -2.53. The molecule has 1 heterocycles. The van der Waals surface area contributed by atoms with E-state index in [-0.39, 0.29) is 11.8 Å². The van der Waals surface area contributed by atoms with Crippen LogP contribution in [-0.4, -0.2) is 49.9 Å². The predicted octanol–water partition coefficient (Wildman–Crippen LogP) is 3.40. The molecular formula is C24H29N3O2. The van der Waals surface area contributed by atoms with Gasteiger partial charge in [-0.2, -0.15) is 0 Å². The second-order valence-electron chi connectivity index (χ2n) is 8.28. The smallest absolute Gasteiger partial charge is 0.242 e. The molecule has 0 unspecified atom stereocenters. The summed E-state index contributed by atoms with van der Waals surface area (Å²) in [6.45, 7) is 7.21. The van der Waals surface area contributed by atoms with Crippen molar-refractivity contribution in [2.45, 2.75) is 26.7 Å². The molecule has 1 aliphatic heterocycles. The van der Waals surface area contributed by atoms with E-state index >= 15 is 0 Å². The van der Waals surface area contributed by atoms with Gasteiger partial charge in [-0.25, -0.2) is 0 Å². The van der Waals surface area contributed by atoms with Gasteiger partial charge >= 0.3 is 0 Å². The van der Waals surface area contributed by atoms with Gasteiger partial charge in [-0.3, -0.25) is 9.59 Å². The number of benzene rings is 2. The Bertz CT molecular complexity index is 913. The van der Waals surface area contributed by atoms with Crippen LogP contribution in [0.25, 0.3) is 0 Å². The molecule has 5 heteroatoms. The highest BCUT2D eigenvalue weighted by molar-refractivity contribution is 6.13. The highest BCUT2D eigenvalue weighted by atomic mass is 16.2. The molecule has 2 aromatic carbocycles. The summed E-state index contributed by atoms with van der Waals surface area (Å²) >= 11 is 0. The number of amides is 2. The summed E-state index contributed by atoms with van der Waals surface area (Å²) in [7, 11) is 1.77. The first-order valence-corrected chi connectivity index (χ1v) is 10.4. The third-order valence-electron chi connectivity index (χ3n) is 6.50. The minimum Gasteiger partial charge on any atom is -0.368 e. The number of piperazine rings is 1. The number of nitrogens with zero attached hydrogens (tertiary/aromatic N) is 3. The van der Waals surface area contributed by atoms with E-state index in [1.807, 2.05) is 35.2 Å². The van der Waals surface area contributed by atoms with Crippen LogP contribution in [0.1, 0.15) is 24.0 Å². The number of carbonyl (C=O) groups excluding carboxylic acids is 2. The zero-order valence-electron chi connectivity index (χ0n) is 17.5. The largest absolute Gasteiger partial charge is 0.368 e. The van der Waals surface area contributed by atoms with E-state index < -0.39 is 5.41 Å². The zero-order valence-corrected chi connectivity index (χ0v) is 17.5. The number of rotatable bonds is 4. The minimum atomic E-state index is -0.855. The number of hydrogen-bond donors (Lipinski definition) is 0. The van der Waals surface area contributed by atoms with Crippen molar-refractivity contribution >= 4 is 23.2 Å². The third-order valence-corrected chi connectivity index (χ3v) is 6.50. The Labute approximate surface area is 172 Å². The van der Waals surface area contributed by atoms with E-state index in [0.29, 0.717) is 25.9 Å². The highest BCUT2D eigenvalue weighted by Crippen LogP contribution is 2.49. The molecule has 29 heavy (non-hydrogen) atoms. The molecular weight excluding hydrogens is 362 g/mol. The van der Waals surface area contributed by atoms with Crippen molar-refractivity contribution < 1.29 is 9.59 Å². The van der Waals surface area contributed by atoms with Crippen LogP contribution in [0.3, 0.4) is 0 Å². The Morgan fingerprint density at radius 1 is 0.897 bits per heavy atom. The van der Waals surface area contributed by atoms with Gasteiger partial charge in [0.1, 0.15) is 5.41 Å². The number of aryl methyl sites for hydroxylation is 1. The Morgan fingerprint density at radius 3 is 2.17 bits per heavy atom. The van der Waals surface area contributed by atoms with E-state index in [1.54, 1.807) is 11.9 Å². The summed E-state index contributed by atoms with van der Waals surface area (Å²) in [6.07, 6.45) is 1.30. The van der Waals surface area contributed by atoms with Crippen molar-refractivity contribution in [1.82, 2.24) is 4.90 Å². The zero-order chi connectivity index (χ0) is 20.6. The molecule has 1 saturated carbocycles. The summed E-state index contributed by atoms with van der Waals surface area (Å²) < 4.78 is 0. The fourth-order valence-electron chi connectivity index (χ4n) is 4.27. The summed E-state index contributed by atoms with van der Waals surface area (Å²) in [5, 5.41) is 0. The lowest BCUT2D eigenvalue weighted by molar-refractivity contribution is -0.143. The third kappa shape index (κ3) is 3.50. The Kier molecular flexibility index (Phi) is 5.07. The molecule has 0 atom stereocenters. The van der Waals surface area contributed by atoms with Crippen LogP contribution in [0.15, 0.2) is 48.5 Å². The molecule has 4 rings (SSSR count). The van der Waals surface area contributed by atoms with Crippen molar-refractivity contribution in [3.63, 3.8) is 0 Å². The van der Waals surface area contributed by atoms with E-state index in [4.69, 9.17) is 0 Å². The van der Waals surface area contributed by atoms with Crippen molar-refractivity contribution in [2.24, 2.45) is 5.41 Å². The van der Waals surface area contributed by atoms with Gasteiger partial charge in [0.05, 0.1) is 0 Å². The summed E-state index contributed by atoms with van der Waals surface area (Å²) in [5.74, 6) is -0.0726. The first kappa shape index (κ1) is 19.5. The van der Waals surface area contributed by atoms with E-state index in [0.717, 1.165) is 18.8 Å². The second-order valence-corrected chi connectivity index (χ2v) is 8.28. The molecule has 1 saturated heterocycles. The Hall–Kier alpha value is -2.82. The van der Waals surface area contributed by atoms with Crippen LogP contribution in [0.4, 0.5) is 11.4 Å². The van der Waals surface area contributed by atoms with Gasteiger partial charge in [0.2, 0.25) is 11.8 Å². The minimum absolute atomic E-state index is 0.00546. The van der Waals surface area contributed by atoms with Gasteiger partial charge in [-0.1, -0.05) is 30.3 Å². The molecule has 2 aromatic rings. The van der Waals surface area contributed by atoms with Gasteiger partial charge in [-0.15, -0.1) is 0 Å². The van der Waals surface area contributed by atoms with Gasteiger partial charge in [-0.05, 0) is 56.0 Å². The number of para-hydroxylation sites is 1. The molecule has 2 aliphatic rings. The van der Waals surface area contributed by atoms with Crippen LogP contribution in [-0.2, 0) is 9.59 Å². The van der Waals surface area contributed by atoms with Crippen LogP contribution >= 0.6 is 0 Å². The second kappa shape index (κ2) is 7.54. The van der Waals surface area contributed by atoms with E-state index in [9.17, 15) is 9.59 Å². The summed E-state index contributed by atoms with van der Waals surface area (Å²) in [6, 6.07) is 15.9. The molecule has 0 radical (unpaired) electrons. The van der Waals surface area contributed by atoms with Crippen molar-refractivity contribution in [1.29, 1.82) is 0 Å². The first-order chi connectivity index (χ1) is 13.9. The van der Waals surface area contributed by atoms with Crippen molar-refractivity contribution in [2.75, 3.05) is 43.0 Å². The van der Waals surface area contributed by atoms with Gasteiger partial charge < -0.3 is 14.7 Å². The fraction of sp³-hybridized carbons (Fsp3) is 0.417. The maximum absolute atomic E-state index is 13.3. The number of carbonyl (C=O) groups is 2. The van der Waals surface area contributed by atoms with Crippen LogP contribution in [0.5, 0.6) is 0 Å². The van der Waals surface area contributed by atoms with Crippen LogP contribution in [0, 0.1) is 19.3 Å². The van der Waals surface area contributed by atoms with Gasteiger partial charge in [0.15, 0.2) is 0 Å². The van der Waals surface area contributed by atoms with E-state index in [1.165, 1.54) is 16.8 Å². The number of hydrogen-bond acceptors (Lipinski definition) is 3. The molecule has 5 nitrogen and oxygen atoms in total. The molecule has 0 aromatic heterocycles. The quantitative estimate of drug-likeness (QED) is 0.751. The Morgan fingerprint density at radius 2 is 1.55 bits per heavy atom. The standard InChI is InChI=1S/C24H29N3O2/c1-18-8-7-11-21(19(18)2)26-14-16-27(17-15-26)23(29)24(12-13-24)22(28)25(3)20-9-5-4-6-10-20/h4-11H,12-17H2,1-3H3. The SMILES string of the molecule is Cc1cccc(N2CCN(C(=O)C3(C(=O)N(C)c4ccccc4)CC3)CC2)c1C. The average Bonchev–Trinajstić information content (AvgIpc) is 3.57. The number of anilines is 2. The molecule has 0 N–H and O–H groups in total. The fourth-order valence-corrected chi connectivity index (χ4v) is 4.27. The van der Waals surface area contributed by atoms with Gasteiger partial charge in [0.25, 0.3) is 0 Å². The average molecular weight is 392 g/mol. The molecule has 0 bridgehead atoms. The molecule has 0 spiro atoms. The van der Waals surface area contributed by atoms with Crippen molar-refractivity contribution in [3.05, 3.63) is 59.7 Å². The lowest BCUT2D eigenvalue weighted by Gasteiger charge is -2.38. The first-order valence-electron chi connectivity index (χ1n) is 10.4. The summed E-state index contributed by atoms with van der Waals surface area (Å²) in [4.78, 5) is 32.3. The molecule has 1 aliphatic carbocycles. The van der Waals surface area contributed by atoms with Crippen molar-refractivity contribution in [3.8, 4) is 0 Å². The topological polar surface area (TPSA) is 43.9 Å². The normalized spacial score (nSPS) is 17.8. The van der Waals surface area contributed by atoms with Gasteiger partial charge in [0, 0.05) is 44.6 Å². The van der Waals surface area contributed by atoms with Crippen LogP contribution < -0.4 is 9.80 Å². The molecule has 2 amide bonds. The monoisotopic (exact) mass is 391 g/mol. The Balaban J connectivity index is 1.43. The highest BCUT2D eigenvalue weighted by Gasteiger charge is 2.59. The molecule has 152 valence electrons. The lowest BCUT2D eigenvalue weighted by atomic mass is 10.0. The maximum Gasteiger partial charge on any atom is 0.242 e. The summed E-state index contributed by atoms with van der Waals surface area (Å²) in [5.41, 5.74) is 3.80. The van der Waals surface area contributed by atoms with E-state index in [2.05, 4.69) is 36.9 Å². The predicted molar refractivity (Wildman–Crippen MR) is 116 cm³/mol. The maximum atomic E-state index is 13.3.